The summed E-state index contributed by atoms with van der Waals surface area (Å²) >= 11 is 0. The minimum atomic E-state index is -0.106. The van der Waals surface area contributed by atoms with E-state index in [-0.39, 0.29) is 12.0 Å². The van der Waals surface area contributed by atoms with Crippen molar-refractivity contribution in [1.82, 2.24) is 19.9 Å². The Morgan fingerprint density at radius 2 is 2.00 bits per heavy atom. The first kappa shape index (κ1) is 17.4. The summed E-state index contributed by atoms with van der Waals surface area (Å²) in [6, 6.07) is 10.1. The second-order valence-electron chi connectivity index (χ2n) is 6.74. The molecule has 1 aliphatic heterocycles. The van der Waals surface area contributed by atoms with Gasteiger partial charge in [-0.3, -0.25) is 9.78 Å². The Balaban J connectivity index is 1.49. The fourth-order valence-corrected chi connectivity index (χ4v) is 3.39. The molecule has 1 amide bonds. The number of carbonyl (C=O) groups is 1. The van der Waals surface area contributed by atoms with Crippen LogP contribution in [0.4, 0.5) is 0 Å². The van der Waals surface area contributed by atoms with Crippen molar-refractivity contribution in [3.8, 4) is 6.01 Å². The number of likely N-dealkylation sites (tertiary alicyclic amines) is 1. The van der Waals surface area contributed by atoms with Crippen LogP contribution in [0.2, 0.25) is 0 Å². The van der Waals surface area contributed by atoms with Gasteiger partial charge < -0.3 is 9.64 Å². The number of rotatable bonds is 4. The van der Waals surface area contributed by atoms with Crippen molar-refractivity contribution in [2.75, 3.05) is 13.1 Å². The van der Waals surface area contributed by atoms with Crippen molar-refractivity contribution in [2.24, 2.45) is 0 Å². The van der Waals surface area contributed by atoms with Gasteiger partial charge in [0.25, 0.3) is 5.91 Å². The van der Waals surface area contributed by atoms with Crippen LogP contribution in [-0.4, -0.2) is 45.0 Å². The van der Waals surface area contributed by atoms with Crippen LogP contribution in [0.25, 0.3) is 10.8 Å². The van der Waals surface area contributed by atoms with Crippen molar-refractivity contribution in [3.63, 3.8) is 0 Å². The number of fused-ring (bicyclic) bond motifs is 1. The third kappa shape index (κ3) is 3.74. The van der Waals surface area contributed by atoms with Crippen LogP contribution in [0.1, 0.15) is 35.8 Å². The zero-order valence-corrected chi connectivity index (χ0v) is 15.3. The van der Waals surface area contributed by atoms with Crippen molar-refractivity contribution >= 4 is 16.7 Å². The molecule has 138 valence electrons. The van der Waals surface area contributed by atoms with Gasteiger partial charge in [-0.1, -0.05) is 31.2 Å². The second-order valence-corrected chi connectivity index (χ2v) is 6.74. The van der Waals surface area contributed by atoms with E-state index in [4.69, 9.17) is 4.74 Å². The third-order valence-corrected chi connectivity index (χ3v) is 4.90. The zero-order valence-electron chi connectivity index (χ0n) is 15.3. The molecule has 1 fully saturated rings. The molecule has 1 atom stereocenters. The molecule has 1 aliphatic rings. The predicted molar refractivity (Wildman–Crippen MR) is 103 cm³/mol. The van der Waals surface area contributed by atoms with Gasteiger partial charge in [-0.15, -0.1) is 0 Å². The Bertz CT molecular complexity index is 937. The number of aryl methyl sites for hydroxylation is 1. The molecule has 0 radical (unpaired) electrons. The number of piperidine rings is 1. The van der Waals surface area contributed by atoms with Gasteiger partial charge in [0.1, 0.15) is 11.8 Å². The summed E-state index contributed by atoms with van der Waals surface area (Å²) in [5, 5.41) is 1.90. The smallest absolute Gasteiger partial charge is 0.316 e. The molecule has 3 heterocycles. The maximum Gasteiger partial charge on any atom is 0.316 e. The molecule has 1 unspecified atom stereocenters. The van der Waals surface area contributed by atoms with Crippen LogP contribution in [-0.2, 0) is 6.42 Å². The number of aromatic nitrogens is 3. The van der Waals surface area contributed by atoms with Gasteiger partial charge in [0.15, 0.2) is 0 Å². The summed E-state index contributed by atoms with van der Waals surface area (Å²) in [6.07, 6.45) is 7.81. The molecule has 3 aromatic rings. The summed E-state index contributed by atoms with van der Waals surface area (Å²) in [5.74, 6) is -0.0534. The van der Waals surface area contributed by atoms with Gasteiger partial charge in [0.05, 0.1) is 6.54 Å². The number of benzene rings is 1. The minimum absolute atomic E-state index is 0.0534. The van der Waals surface area contributed by atoms with Crippen molar-refractivity contribution < 1.29 is 9.53 Å². The number of carbonyl (C=O) groups excluding carboxylic acids is 1. The second kappa shape index (κ2) is 7.70. The highest BCUT2D eigenvalue weighted by molar-refractivity contribution is 6.05. The molecule has 6 heteroatoms. The van der Waals surface area contributed by atoms with E-state index >= 15 is 0 Å². The molecular weight excluding hydrogens is 340 g/mol. The number of nitrogens with zero attached hydrogens (tertiary/aromatic N) is 4. The zero-order chi connectivity index (χ0) is 18.6. The molecule has 0 N–H and O–H groups in total. The fraction of sp³-hybridized carbons (Fsp3) is 0.333. The van der Waals surface area contributed by atoms with Gasteiger partial charge in [0, 0.05) is 30.5 Å². The summed E-state index contributed by atoms with van der Waals surface area (Å²) in [7, 11) is 0. The lowest BCUT2D eigenvalue weighted by Gasteiger charge is -2.32. The van der Waals surface area contributed by atoms with Crippen molar-refractivity contribution in [1.29, 1.82) is 0 Å². The standard InChI is InChI=1S/C21H22N4O2/c1-2-15-12-23-21(24-13-15)27-17-7-5-11-25(14-17)20(26)19-18-8-4-3-6-16(18)9-10-22-19/h3-4,6,8-10,12-13,17H,2,5,7,11,14H2,1H3. The molecule has 1 aromatic carbocycles. The Kier molecular flexibility index (Phi) is 4.96. The van der Waals surface area contributed by atoms with E-state index in [1.54, 1.807) is 18.6 Å². The Morgan fingerprint density at radius 1 is 1.19 bits per heavy atom. The topological polar surface area (TPSA) is 68.2 Å². The highest BCUT2D eigenvalue weighted by atomic mass is 16.5. The third-order valence-electron chi connectivity index (χ3n) is 4.90. The van der Waals surface area contributed by atoms with Crippen LogP contribution >= 0.6 is 0 Å². The maximum atomic E-state index is 13.1. The lowest BCUT2D eigenvalue weighted by atomic mass is 10.1. The molecule has 0 saturated carbocycles. The van der Waals surface area contributed by atoms with Crippen molar-refractivity contribution in [3.05, 3.63) is 60.2 Å². The predicted octanol–water partition coefficient (Wildman–Crippen LogP) is 3.27. The number of ether oxygens (including phenoxy) is 1. The Hall–Kier alpha value is -3.02. The van der Waals surface area contributed by atoms with Gasteiger partial charge in [-0.05, 0) is 36.3 Å². The average Bonchev–Trinajstić information content (AvgIpc) is 2.73. The lowest BCUT2D eigenvalue weighted by molar-refractivity contribution is 0.0512. The van der Waals surface area contributed by atoms with E-state index in [0.717, 1.165) is 35.6 Å². The molecular formula is C21H22N4O2. The SMILES string of the molecule is CCc1cnc(OC2CCCN(C(=O)c3nccc4ccccc34)C2)nc1. The molecule has 2 aromatic heterocycles. The average molecular weight is 362 g/mol. The first-order chi connectivity index (χ1) is 13.2. The lowest BCUT2D eigenvalue weighted by Crippen LogP contribution is -2.44. The normalized spacial score (nSPS) is 17.1. The van der Waals surface area contributed by atoms with Crippen LogP contribution in [0.5, 0.6) is 6.01 Å². The van der Waals surface area contributed by atoms with Crippen LogP contribution in [0.3, 0.4) is 0 Å². The molecule has 27 heavy (non-hydrogen) atoms. The number of hydrogen-bond acceptors (Lipinski definition) is 5. The number of hydrogen-bond donors (Lipinski definition) is 0. The van der Waals surface area contributed by atoms with Crippen LogP contribution in [0, 0.1) is 0 Å². The van der Waals surface area contributed by atoms with Gasteiger partial charge in [-0.2, -0.15) is 0 Å². The van der Waals surface area contributed by atoms with Crippen LogP contribution in [0.15, 0.2) is 48.9 Å². The molecule has 0 bridgehead atoms. The molecule has 0 aliphatic carbocycles. The van der Waals surface area contributed by atoms with E-state index < -0.39 is 0 Å². The van der Waals surface area contributed by atoms with E-state index in [0.29, 0.717) is 24.8 Å². The molecule has 6 nitrogen and oxygen atoms in total. The van der Waals surface area contributed by atoms with E-state index in [1.807, 2.05) is 35.2 Å². The monoisotopic (exact) mass is 362 g/mol. The number of pyridine rings is 1. The summed E-state index contributed by atoms with van der Waals surface area (Å²) in [5.41, 5.74) is 1.57. The van der Waals surface area contributed by atoms with E-state index in [9.17, 15) is 4.79 Å². The highest BCUT2D eigenvalue weighted by Crippen LogP contribution is 2.21. The summed E-state index contributed by atoms with van der Waals surface area (Å²) in [4.78, 5) is 27.8. The summed E-state index contributed by atoms with van der Waals surface area (Å²) < 4.78 is 5.92. The highest BCUT2D eigenvalue weighted by Gasteiger charge is 2.27. The van der Waals surface area contributed by atoms with Gasteiger partial charge in [0.2, 0.25) is 0 Å². The molecule has 0 spiro atoms. The Labute approximate surface area is 158 Å². The van der Waals surface area contributed by atoms with E-state index in [1.165, 1.54) is 0 Å². The van der Waals surface area contributed by atoms with Gasteiger partial charge >= 0.3 is 6.01 Å². The van der Waals surface area contributed by atoms with Gasteiger partial charge in [-0.25, -0.2) is 9.97 Å². The fourth-order valence-electron chi connectivity index (χ4n) is 3.39. The Morgan fingerprint density at radius 3 is 2.81 bits per heavy atom. The molecule has 1 saturated heterocycles. The first-order valence-corrected chi connectivity index (χ1v) is 9.35. The summed E-state index contributed by atoms with van der Waals surface area (Å²) in [6.45, 7) is 3.28. The quantitative estimate of drug-likeness (QED) is 0.712. The first-order valence-electron chi connectivity index (χ1n) is 9.35. The van der Waals surface area contributed by atoms with Crippen LogP contribution < -0.4 is 4.74 Å². The van der Waals surface area contributed by atoms with E-state index in [2.05, 4.69) is 21.9 Å². The number of amides is 1. The minimum Gasteiger partial charge on any atom is -0.458 e. The maximum absolute atomic E-state index is 13.1. The molecule has 4 rings (SSSR count). The van der Waals surface area contributed by atoms with Crippen molar-refractivity contribution in [2.45, 2.75) is 32.3 Å². The largest absolute Gasteiger partial charge is 0.458 e.